The number of benzene rings is 2. The van der Waals surface area contributed by atoms with Crippen molar-refractivity contribution in [3.63, 3.8) is 0 Å². The molecular weight excluding hydrogens is 283 g/mol. The van der Waals surface area contributed by atoms with Gasteiger partial charge in [0.15, 0.2) is 0 Å². The first-order valence-electron chi connectivity index (χ1n) is 6.87. The van der Waals surface area contributed by atoms with Crippen molar-refractivity contribution in [3.05, 3.63) is 65.1 Å². The van der Waals surface area contributed by atoms with Crippen molar-refractivity contribution in [2.45, 2.75) is 13.5 Å². The van der Waals surface area contributed by atoms with Crippen molar-refractivity contribution in [1.29, 1.82) is 0 Å². The minimum absolute atomic E-state index is 0.0965. The van der Waals surface area contributed by atoms with Gasteiger partial charge in [0.1, 0.15) is 11.5 Å². The monoisotopic (exact) mass is 298 g/mol. The Morgan fingerprint density at radius 1 is 1.27 bits per heavy atom. The highest BCUT2D eigenvalue weighted by Crippen LogP contribution is 2.21. The smallest absolute Gasteiger partial charge is 0.272 e. The number of aliphatic hydroxyl groups is 1. The number of nitrogens with one attached hydrogen (secondary N) is 2. The first kappa shape index (κ1) is 14.3. The molecule has 3 rings (SSSR count). The fourth-order valence-corrected chi connectivity index (χ4v) is 2.33. The Balaban J connectivity index is 1.92. The zero-order valence-corrected chi connectivity index (χ0v) is 12.0. The van der Waals surface area contributed by atoms with Crippen molar-refractivity contribution in [3.8, 4) is 0 Å². The van der Waals surface area contributed by atoms with Crippen LogP contribution >= 0.6 is 0 Å². The van der Waals surface area contributed by atoms with Gasteiger partial charge in [-0.05, 0) is 42.3 Å². The fraction of sp³-hybridized carbons (Fsp3) is 0.118. The minimum atomic E-state index is -0.369. The number of aromatic amines is 1. The summed E-state index contributed by atoms with van der Waals surface area (Å²) in [5.41, 5.74) is 3.08. The van der Waals surface area contributed by atoms with Crippen molar-refractivity contribution in [1.82, 2.24) is 4.98 Å². The van der Waals surface area contributed by atoms with Gasteiger partial charge < -0.3 is 15.4 Å². The number of hydrogen-bond acceptors (Lipinski definition) is 2. The largest absolute Gasteiger partial charge is 0.392 e. The molecule has 0 aliphatic heterocycles. The van der Waals surface area contributed by atoms with E-state index in [9.17, 15) is 9.18 Å². The second-order valence-electron chi connectivity index (χ2n) is 5.15. The molecule has 1 aromatic heterocycles. The molecule has 0 bridgehead atoms. The summed E-state index contributed by atoms with van der Waals surface area (Å²) < 4.78 is 13.7. The lowest BCUT2D eigenvalue weighted by Crippen LogP contribution is -2.13. The molecule has 0 radical (unpaired) electrons. The maximum absolute atomic E-state index is 13.7. The van der Waals surface area contributed by atoms with E-state index in [0.29, 0.717) is 22.2 Å². The Kier molecular flexibility index (Phi) is 3.65. The molecule has 112 valence electrons. The Labute approximate surface area is 126 Å². The van der Waals surface area contributed by atoms with Crippen molar-refractivity contribution < 1.29 is 14.3 Å². The predicted octanol–water partition coefficient (Wildman–Crippen LogP) is 3.36. The number of hydrogen-bond donors (Lipinski definition) is 3. The average Bonchev–Trinajstić information content (AvgIpc) is 2.95. The number of aryl methyl sites for hydroxylation is 1. The number of carbonyl (C=O) groups is 1. The van der Waals surface area contributed by atoms with Gasteiger partial charge in [0.2, 0.25) is 0 Å². The molecule has 0 aliphatic carbocycles. The second-order valence-corrected chi connectivity index (χ2v) is 5.15. The molecule has 0 saturated carbocycles. The Morgan fingerprint density at radius 3 is 2.82 bits per heavy atom. The second kappa shape index (κ2) is 5.61. The molecule has 0 spiro atoms. The van der Waals surface area contributed by atoms with Crippen LogP contribution in [0.3, 0.4) is 0 Å². The quantitative estimate of drug-likeness (QED) is 0.694. The topological polar surface area (TPSA) is 65.1 Å². The molecular formula is C17H15FN2O2. The van der Waals surface area contributed by atoms with E-state index in [1.165, 1.54) is 12.1 Å². The van der Waals surface area contributed by atoms with Crippen LogP contribution in [0, 0.1) is 12.7 Å². The summed E-state index contributed by atoms with van der Waals surface area (Å²) in [4.78, 5) is 15.2. The van der Waals surface area contributed by atoms with Crippen LogP contribution in [0.1, 0.15) is 21.6 Å². The Hall–Kier alpha value is -2.66. The highest BCUT2D eigenvalue weighted by atomic mass is 19.1. The molecule has 0 aliphatic rings. The van der Waals surface area contributed by atoms with Crippen LogP contribution in [0.25, 0.3) is 10.9 Å². The number of fused-ring (bicyclic) bond motifs is 1. The normalized spacial score (nSPS) is 10.9. The van der Waals surface area contributed by atoms with Gasteiger partial charge in [0.25, 0.3) is 5.91 Å². The van der Waals surface area contributed by atoms with Gasteiger partial charge in [-0.3, -0.25) is 4.79 Å². The van der Waals surface area contributed by atoms with Crippen LogP contribution in [0.4, 0.5) is 10.1 Å². The van der Waals surface area contributed by atoms with Gasteiger partial charge in [-0.2, -0.15) is 0 Å². The molecule has 1 amide bonds. The van der Waals surface area contributed by atoms with E-state index in [4.69, 9.17) is 5.11 Å². The van der Waals surface area contributed by atoms with E-state index in [0.717, 1.165) is 5.56 Å². The maximum Gasteiger partial charge on any atom is 0.272 e. The molecule has 2 aromatic carbocycles. The van der Waals surface area contributed by atoms with Crippen molar-refractivity contribution in [2.24, 2.45) is 0 Å². The zero-order chi connectivity index (χ0) is 15.7. The van der Waals surface area contributed by atoms with Crippen LogP contribution < -0.4 is 5.32 Å². The van der Waals surface area contributed by atoms with E-state index in [1.54, 1.807) is 24.3 Å². The number of rotatable bonds is 3. The molecule has 1 heterocycles. The summed E-state index contributed by atoms with van der Waals surface area (Å²) in [6, 6.07) is 11.5. The molecule has 3 aromatic rings. The lowest BCUT2D eigenvalue weighted by Gasteiger charge is -2.09. The van der Waals surface area contributed by atoms with Gasteiger partial charge >= 0.3 is 0 Å². The number of aromatic nitrogens is 1. The molecule has 0 saturated heterocycles. The molecule has 0 atom stereocenters. The zero-order valence-electron chi connectivity index (χ0n) is 12.0. The SMILES string of the molecule is Cc1ccc(CO)cc1NC(=O)c1cc2c(F)cccc2[nH]1. The fourth-order valence-electron chi connectivity index (χ4n) is 2.33. The van der Waals surface area contributed by atoms with Gasteiger partial charge in [0.05, 0.1) is 6.61 Å². The standard InChI is InChI=1S/C17H15FN2O2/c1-10-5-6-11(9-21)7-15(10)20-17(22)16-8-12-13(18)3-2-4-14(12)19-16/h2-8,19,21H,9H2,1H3,(H,20,22). The summed E-state index contributed by atoms with van der Waals surface area (Å²) in [6.07, 6.45) is 0. The lowest BCUT2D eigenvalue weighted by atomic mass is 10.1. The van der Waals surface area contributed by atoms with Crippen LogP contribution in [0.5, 0.6) is 0 Å². The number of carbonyl (C=O) groups excluding carboxylic acids is 1. The summed E-state index contributed by atoms with van der Waals surface area (Å²) in [5.74, 6) is -0.722. The molecule has 5 heteroatoms. The summed E-state index contributed by atoms with van der Waals surface area (Å²) in [6.45, 7) is 1.77. The first-order chi connectivity index (χ1) is 10.6. The number of aliphatic hydroxyl groups excluding tert-OH is 1. The number of halogens is 1. The van der Waals surface area contributed by atoms with Crippen LogP contribution in [-0.2, 0) is 6.61 Å². The van der Waals surface area contributed by atoms with Crippen LogP contribution in [-0.4, -0.2) is 16.0 Å². The van der Waals surface area contributed by atoms with E-state index in [2.05, 4.69) is 10.3 Å². The van der Waals surface area contributed by atoms with E-state index >= 15 is 0 Å². The predicted molar refractivity (Wildman–Crippen MR) is 83.3 cm³/mol. The lowest BCUT2D eigenvalue weighted by molar-refractivity contribution is 0.102. The van der Waals surface area contributed by atoms with Crippen molar-refractivity contribution in [2.75, 3.05) is 5.32 Å². The Morgan fingerprint density at radius 2 is 2.09 bits per heavy atom. The molecule has 22 heavy (non-hydrogen) atoms. The van der Waals surface area contributed by atoms with Gasteiger partial charge in [-0.1, -0.05) is 18.2 Å². The highest BCUT2D eigenvalue weighted by molar-refractivity contribution is 6.06. The van der Waals surface area contributed by atoms with Gasteiger partial charge in [-0.25, -0.2) is 4.39 Å². The first-order valence-corrected chi connectivity index (χ1v) is 6.87. The van der Waals surface area contributed by atoms with Gasteiger partial charge in [0, 0.05) is 16.6 Å². The average molecular weight is 298 g/mol. The summed E-state index contributed by atoms with van der Waals surface area (Å²) in [7, 11) is 0. The minimum Gasteiger partial charge on any atom is -0.392 e. The molecule has 0 fully saturated rings. The third-order valence-electron chi connectivity index (χ3n) is 3.59. The van der Waals surface area contributed by atoms with Crippen molar-refractivity contribution >= 4 is 22.5 Å². The molecule has 4 nitrogen and oxygen atoms in total. The maximum atomic E-state index is 13.7. The summed E-state index contributed by atoms with van der Waals surface area (Å²) >= 11 is 0. The van der Waals surface area contributed by atoms with Gasteiger partial charge in [-0.15, -0.1) is 0 Å². The molecule has 3 N–H and O–H groups in total. The number of amides is 1. The highest BCUT2D eigenvalue weighted by Gasteiger charge is 2.13. The summed E-state index contributed by atoms with van der Waals surface area (Å²) in [5, 5.41) is 12.3. The van der Waals surface area contributed by atoms with E-state index < -0.39 is 0 Å². The number of H-pyrrole nitrogens is 1. The third kappa shape index (κ3) is 2.58. The third-order valence-corrected chi connectivity index (χ3v) is 3.59. The Bertz CT molecular complexity index is 855. The van der Waals surface area contributed by atoms with Crippen LogP contribution in [0.15, 0.2) is 42.5 Å². The van der Waals surface area contributed by atoms with Crippen LogP contribution in [0.2, 0.25) is 0 Å². The number of anilines is 1. The van der Waals surface area contributed by atoms with E-state index in [-0.39, 0.29) is 24.0 Å². The van der Waals surface area contributed by atoms with E-state index in [1.807, 2.05) is 13.0 Å². The molecule has 0 unspecified atom stereocenters.